The lowest BCUT2D eigenvalue weighted by Gasteiger charge is -2.05. The Bertz CT molecular complexity index is 249. The molecule has 7 nitrogen and oxygen atoms in total. The van der Waals surface area contributed by atoms with E-state index in [2.05, 4.69) is 5.10 Å². The van der Waals surface area contributed by atoms with Gasteiger partial charge in [-0.25, -0.2) is 10.2 Å². The fourth-order valence-electron chi connectivity index (χ4n) is 0.790. The van der Waals surface area contributed by atoms with Crippen LogP contribution < -0.4 is 5.43 Å². The third-order valence-electron chi connectivity index (χ3n) is 1.32. The van der Waals surface area contributed by atoms with Crippen LogP contribution in [0.4, 0.5) is 4.79 Å². The fourth-order valence-corrected chi connectivity index (χ4v) is 0.790. The number of nitrogens with zero attached hydrogens (tertiary/aromatic N) is 2. The molecule has 1 aliphatic rings. The molecule has 7 heteroatoms. The number of carbonyl (C=O) groups excluding carboxylic acids is 1. The van der Waals surface area contributed by atoms with Crippen molar-refractivity contribution in [1.82, 2.24) is 10.5 Å². The van der Waals surface area contributed by atoms with Crippen molar-refractivity contribution in [3.63, 3.8) is 0 Å². The van der Waals surface area contributed by atoms with Crippen LogP contribution >= 0.6 is 0 Å². The Balaban J connectivity index is 2.58. The van der Waals surface area contributed by atoms with E-state index in [0.29, 0.717) is 5.06 Å². The highest BCUT2D eigenvalue weighted by Crippen LogP contribution is 2.09. The smallest absolute Gasteiger partial charge is 0.425 e. The van der Waals surface area contributed by atoms with Crippen molar-refractivity contribution < 1.29 is 19.9 Å². The number of hydrogen-bond acceptors (Lipinski definition) is 4. The molecule has 0 aromatic carbocycles. The second-order valence-corrected chi connectivity index (χ2v) is 2.15. The lowest BCUT2D eigenvalue weighted by Crippen LogP contribution is -2.28. The molecule has 1 heterocycles. The van der Waals surface area contributed by atoms with E-state index in [1.165, 1.54) is 0 Å². The maximum absolute atomic E-state index is 10.6. The molecule has 0 radical (unpaired) electrons. The number of hydroxylamine groups is 2. The van der Waals surface area contributed by atoms with Gasteiger partial charge in [-0.2, -0.15) is 10.2 Å². The average molecular weight is 173 g/mol. The van der Waals surface area contributed by atoms with Gasteiger partial charge in [0.05, 0.1) is 0 Å². The minimum Gasteiger partial charge on any atom is -0.464 e. The highest BCUT2D eigenvalue weighted by Gasteiger charge is 2.25. The molecule has 0 saturated carbocycles. The van der Waals surface area contributed by atoms with Gasteiger partial charge in [0.1, 0.15) is 0 Å². The van der Waals surface area contributed by atoms with Gasteiger partial charge in [-0.1, -0.05) is 0 Å². The maximum Gasteiger partial charge on any atom is 0.425 e. The van der Waals surface area contributed by atoms with E-state index in [1.54, 1.807) is 5.43 Å². The van der Waals surface area contributed by atoms with Gasteiger partial charge < -0.3 is 5.11 Å². The summed E-state index contributed by atoms with van der Waals surface area (Å²) >= 11 is 0. The van der Waals surface area contributed by atoms with Crippen molar-refractivity contribution >= 4 is 17.8 Å². The highest BCUT2D eigenvalue weighted by molar-refractivity contribution is 6.03. The molecule has 0 aliphatic carbocycles. The summed E-state index contributed by atoms with van der Waals surface area (Å²) in [5.41, 5.74) is 1.69. The molecule has 0 bridgehead atoms. The van der Waals surface area contributed by atoms with Crippen LogP contribution in [0.5, 0.6) is 0 Å². The molecule has 1 saturated heterocycles. The van der Waals surface area contributed by atoms with Gasteiger partial charge in [0.2, 0.25) is 0 Å². The van der Waals surface area contributed by atoms with Gasteiger partial charge in [0, 0.05) is 12.8 Å². The Kier molecular flexibility index (Phi) is 2.24. The second-order valence-electron chi connectivity index (χ2n) is 2.15. The maximum atomic E-state index is 10.6. The van der Waals surface area contributed by atoms with Crippen molar-refractivity contribution in [2.45, 2.75) is 12.8 Å². The normalized spacial score (nSPS) is 20.2. The van der Waals surface area contributed by atoms with E-state index in [0.717, 1.165) is 0 Å². The molecule has 0 atom stereocenters. The van der Waals surface area contributed by atoms with Crippen LogP contribution in [0.25, 0.3) is 0 Å². The highest BCUT2D eigenvalue weighted by atomic mass is 16.5. The van der Waals surface area contributed by atoms with Gasteiger partial charge in [-0.05, 0) is 0 Å². The van der Waals surface area contributed by atoms with E-state index in [-0.39, 0.29) is 18.7 Å². The molecule has 0 aromatic rings. The standard InChI is InChI=1S/C5H7N3O4/c9-4-2-1-3(8(4)12)6-7-5(10)11/h7,12H,1-2H2,(H,10,11). The third kappa shape index (κ3) is 1.70. The monoisotopic (exact) mass is 173 g/mol. The van der Waals surface area contributed by atoms with Gasteiger partial charge in [0.15, 0.2) is 5.84 Å². The SMILES string of the molecule is O=C(O)NN=C1CCC(=O)N1O. The topological polar surface area (TPSA) is 102 Å². The van der Waals surface area contributed by atoms with Gasteiger partial charge in [0.25, 0.3) is 5.91 Å². The molecule has 66 valence electrons. The van der Waals surface area contributed by atoms with Crippen LogP contribution in [0, 0.1) is 0 Å². The first kappa shape index (κ1) is 8.47. The molecule has 0 spiro atoms. The molecular weight excluding hydrogens is 166 g/mol. The number of rotatable bonds is 1. The summed E-state index contributed by atoms with van der Waals surface area (Å²) in [5.74, 6) is -0.469. The predicted octanol–water partition coefficient (Wildman–Crippen LogP) is -0.421. The van der Waals surface area contributed by atoms with Crippen LogP contribution in [-0.4, -0.2) is 33.2 Å². The molecule has 3 N–H and O–H groups in total. The quantitative estimate of drug-likeness (QED) is 0.370. The first-order valence-electron chi connectivity index (χ1n) is 3.18. The van der Waals surface area contributed by atoms with Crippen molar-refractivity contribution in [3.8, 4) is 0 Å². The lowest BCUT2D eigenvalue weighted by molar-refractivity contribution is -0.145. The zero-order chi connectivity index (χ0) is 9.14. The third-order valence-corrected chi connectivity index (χ3v) is 1.32. The summed E-state index contributed by atoms with van der Waals surface area (Å²) in [6.45, 7) is 0. The van der Waals surface area contributed by atoms with Gasteiger partial charge >= 0.3 is 6.09 Å². The summed E-state index contributed by atoms with van der Waals surface area (Å²) < 4.78 is 0. The lowest BCUT2D eigenvalue weighted by atomic mass is 10.4. The van der Waals surface area contributed by atoms with E-state index in [4.69, 9.17) is 10.3 Å². The number of nitrogens with one attached hydrogen (secondary N) is 1. The van der Waals surface area contributed by atoms with E-state index in [9.17, 15) is 9.59 Å². The number of carboxylic acid groups (broad SMARTS) is 1. The first-order chi connectivity index (χ1) is 5.61. The van der Waals surface area contributed by atoms with Crippen molar-refractivity contribution in [1.29, 1.82) is 0 Å². The summed E-state index contributed by atoms with van der Waals surface area (Å²) in [7, 11) is 0. The molecule has 2 amide bonds. The van der Waals surface area contributed by atoms with Crippen LogP contribution in [-0.2, 0) is 4.79 Å². The van der Waals surface area contributed by atoms with Crippen LogP contribution in [0.1, 0.15) is 12.8 Å². The molecule has 0 aromatic heterocycles. The van der Waals surface area contributed by atoms with Crippen molar-refractivity contribution in [2.24, 2.45) is 5.10 Å². The van der Waals surface area contributed by atoms with Crippen molar-refractivity contribution in [2.75, 3.05) is 0 Å². The van der Waals surface area contributed by atoms with Gasteiger partial charge in [-0.15, -0.1) is 0 Å². The largest absolute Gasteiger partial charge is 0.464 e. The molecule has 12 heavy (non-hydrogen) atoms. The number of amides is 2. The Morgan fingerprint density at radius 1 is 1.58 bits per heavy atom. The summed E-state index contributed by atoms with van der Waals surface area (Å²) in [4.78, 5) is 20.6. The van der Waals surface area contributed by atoms with Crippen molar-refractivity contribution in [3.05, 3.63) is 0 Å². The zero-order valence-electron chi connectivity index (χ0n) is 6.02. The Morgan fingerprint density at radius 2 is 2.25 bits per heavy atom. The fraction of sp³-hybridized carbons (Fsp3) is 0.400. The van der Waals surface area contributed by atoms with Crippen LogP contribution in [0.3, 0.4) is 0 Å². The van der Waals surface area contributed by atoms with Gasteiger partial charge in [-0.3, -0.25) is 10.0 Å². The predicted molar refractivity (Wildman–Crippen MR) is 36.5 cm³/mol. The first-order valence-corrected chi connectivity index (χ1v) is 3.18. The van der Waals surface area contributed by atoms with Crippen LogP contribution in [0.2, 0.25) is 0 Å². The summed E-state index contributed by atoms with van der Waals surface area (Å²) in [6, 6.07) is 0. The molecule has 1 fully saturated rings. The Hall–Kier alpha value is -1.63. The Morgan fingerprint density at radius 3 is 2.67 bits per heavy atom. The molecule has 1 aliphatic heterocycles. The molecular formula is C5H7N3O4. The Labute approximate surface area is 67.2 Å². The number of amidine groups is 1. The molecule has 1 rings (SSSR count). The number of hydrogen-bond donors (Lipinski definition) is 3. The van der Waals surface area contributed by atoms with Crippen LogP contribution in [0.15, 0.2) is 5.10 Å². The van der Waals surface area contributed by atoms with E-state index in [1.807, 2.05) is 0 Å². The van der Waals surface area contributed by atoms with E-state index < -0.39 is 12.0 Å². The summed E-state index contributed by atoms with van der Waals surface area (Å²) in [5, 5.41) is 20.6. The minimum atomic E-state index is -1.34. The van der Waals surface area contributed by atoms with E-state index >= 15 is 0 Å². The summed E-state index contributed by atoms with van der Waals surface area (Å²) in [6.07, 6.45) is -0.943. The molecule has 0 unspecified atom stereocenters. The second kappa shape index (κ2) is 3.18. The number of hydrazone groups is 1. The number of carbonyl (C=O) groups is 2. The zero-order valence-corrected chi connectivity index (χ0v) is 6.02. The minimum absolute atomic E-state index is 0.0161. The average Bonchev–Trinajstić information content (AvgIpc) is 2.30.